The Morgan fingerprint density at radius 3 is 2.47 bits per heavy atom. The highest BCUT2D eigenvalue weighted by Crippen LogP contribution is 2.42. The highest BCUT2D eigenvalue weighted by molar-refractivity contribution is 5.29. The van der Waals surface area contributed by atoms with Gasteiger partial charge in [-0.1, -0.05) is 6.07 Å². The van der Waals surface area contributed by atoms with Gasteiger partial charge < -0.3 is 11.1 Å². The van der Waals surface area contributed by atoms with Gasteiger partial charge in [0.25, 0.3) is 0 Å². The molecule has 0 spiro atoms. The van der Waals surface area contributed by atoms with Gasteiger partial charge in [0.05, 0.1) is 0 Å². The summed E-state index contributed by atoms with van der Waals surface area (Å²) in [5.41, 5.74) is 6.79. The summed E-state index contributed by atoms with van der Waals surface area (Å²) in [5.74, 6) is -1.17. The van der Waals surface area contributed by atoms with Crippen LogP contribution in [0, 0.1) is 11.6 Å². The third-order valence-corrected chi connectivity index (χ3v) is 4.38. The van der Waals surface area contributed by atoms with Crippen molar-refractivity contribution >= 4 is 0 Å². The highest BCUT2D eigenvalue weighted by Gasteiger charge is 2.40. The van der Waals surface area contributed by atoms with Crippen molar-refractivity contribution in [1.82, 2.24) is 5.32 Å². The molecular formula is C15H20F2N2. The van der Waals surface area contributed by atoms with E-state index in [0.29, 0.717) is 24.0 Å². The Morgan fingerprint density at radius 2 is 1.79 bits per heavy atom. The molecule has 19 heavy (non-hydrogen) atoms. The van der Waals surface area contributed by atoms with Gasteiger partial charge in [-0.3, -0.25) is 0 Å². The Morgan fingerprint density at radius 1 is 1.05 bits per heavy atom. The van der Waals surface area contributed by atoms with Gasteiger partial charge in [0, 0.05) is 24.0 Å². The molecular weight excluding hydrogens is 246 g/mol. The third-order valence-electron chi connectivity index (χ3n) is 4.38. The van der Waals surface area contributed by atoms with Crippen LogP contribution >= 0.6 is 0 Å². The second-order valence-electron chi connectivity index (χ2n) is 5.90. The zero-order chi connectivity index (χ0) is 13.4. The molecule has 4 heteroatoms. The van der Waals surface area contributed by atoms with Crippen molar-refractivity contribution in [1.29, 1.82) is 0 Å². The minimum absolute atomic E-state index is 0.339. The van der Waals surface area contributed by atoms with Gasteiger partial charge in [-0.2, -0.15) is 0 Å². The molecule has 3 N–H and O–H groups in total. The van der Waals surface area contributed by atoms with Crippen LogP contribution < -0.4 is 11.1 Å². The van der Waals surface area contributed by atoms with Gasteiger partial charge in [0.15, 0.2) is 11.6 Å². The average Bonchev–Trinajstić information content (AvgIpc) is 3.15. The first kappa shape index (κ1) is 13.0. The predicted molar refractivity (Wildman–Crippen MR) is 70.9 cm³/mol. The largest absolute Gasteiger partial charge is 0.328 e. The monoisotopic (exact) mass is 266 g/mol. The SMILES string of the molecule is N[C@H]1CC[C@@H](N[C@H]2C[C@@H]2c2ccc(F)c(F)c2)CC1. The fourth-order valence-electron chi connectivity index (χ4n) is 3.08. The smallest absolute Gasteiger partial charge is 0.159 e. The van der Waals surface area contributed by atoms with Gasteiger partial charge in [0.1, 0.15) is 0 Å². The lowest BCUT2D eigenvalue weighted by atomic mass is 9.92. The van der Waals surface area contributed by atoms with Crippen LogP contribution in [-0.2, 0) is 0 Å². The lowest BCUT2D eigenvalue weighted by molar-refractivity contribution is 0.339. The summed E-state index contributed by atoms with van der Waals surface area (Å²) in [7, 11) is 0. The van der Waals surface area contributed by atoms with Crippen LogP contribution in [0.3, 0.4) is 0 Å². The van der Waals surface area contributed by atoms with E-state index in [1.54, 1.807) is 6.07 Å². The van der Waals surface area contributed by atoms with Crippen molar-refractivity contribution in [2.24, 2.45) is 5.73 Å². The molecule has 2 fully saturated rings. The van der Waals surface area contributed by atoms with Crippen LogP contribution in [0.25, 0.3) is 0 Å². The van der Waals surface area contributed by atoms with E-state index in [1.165, 1.54) is 12.1 Å². The van der Waals surface area contributed by atoms with Crippen molar-refractivity contribution in [3.05, 3.63) is 35.4 Å². The van der Waals surface area contributed by atoms with E-state index < -0.39 is 11.6 Å². The Bertz CT molecular complexity index is 455. The Hall–Kier alpha value is -1.00. The number of hydrogen-bond acceptors (Lipinski definition) is 2. The number of nitrogens with one attached hydrogen (secondary N) is 1. The zero-order valence-electron chi connectivity index (χ0n) is 10.9. The van der Waals surface area contributed by atoms with E-state index in [0.717, 1.165) is 37.7 Å². The molecule has 0 aromatic heterocycles. The molecule has 0 amide bonds. The summed E-state index contributed by atoms with van der Waals surface area (Å²) in [4.78, 5) is 0. The first-order chi connectivity index (χ1) is 9.13. The van der Waals surface area contributed by atoms with E-state index in [9.17, 15) is 8.78 Å². The molecule has 0 unspecified atom stereocenters. The lowest BCUT2D eigenvalue weighted by Crippen LogP contribution is -2.38. The Kier molecular flexibility index (Phi) is 3.54. The number of halogens is 2. The molecule has 2 atom stereocenters. The van der Waals surface area contributed by atoms with Gasteiger partial charge in [-0.25, -0.2) is 8.78 Å². The molecule has 2 saturated carbocycles. The topological polar surface area (TPSA) is 38.0 Å². The molecule has 0 radical (unpaired) electrons. The van der Waals surface area contributed by atoms with Gasteiger partial charge in [-0.15, -0.1) is 0 Å². The van der Waals surface area contributed by atoms with Crippen LogP contribution in [0.4, 0.5) is 8.78 Å². The van der Waals surface area contributed by atoms with Crippen molar-refractivity contribution < 1.29 is 8.78 Å². The summed E-state index contributed by atoms with van der Waals surface area (Å²) in [6.45, 7) is 0. The molecule has 3 rings (SSSR count). The van der Waals surface area contributed by atoms with Crippen LogP contribution in [0.5, 0.6) is 0 Å². The molecule has 0 saturated heterocycles. The first-order valence-electron chi connectivity index (χ1n) is 7.10. The zero-order valence-corrected chi connectivity index (χ0v) is 10.9. The van der Waals surface area contributed by atoms with Crippen molar-refractivity contribution in [2.45, 2.75) is 56.1 Å². The quantitative estimate of drug-likeness (QED) is 0.882. The van der Waals surface area contributed by atoms with Crippen LogP contribution in [-0.4, -0.2) is 18.1 Å². The Labute approximate surface area is 112 Å². The number of nitrogens with two attached hydrogens (primary N) is 1. The molecule has 1 aromatic carbocycles. The standard InChI is InChI=1S/C15H20F2N2/c16-13-6-1-9(7-14(13)17)12-8-15(12)19-11-4-2-10(18)3-5-11/h1,6-7,10-12,15,19H,2-5,8,18H2/t10-,11+,12-,15+/m1/s1. The minimum Gasteiger partial charge on any atom is -0.328 e. The maximum absolute atomic E-state index is 13.2. The maximum Gasteiger partial charge on any atom is 0.159 e. The fraction of sp³-hybridized carbons (Fsp3) is 0.600. The lowest BCUT2D eigenvalue weighted by Gasteiger charge is -2.27. The van der Waals surface area contributed by atoms with E-state index >= 15 is 0 Å². The van der Waals surface area contributed by atoms with Gasteiger partial charge in [-0.05, 0) is 49.8 Å². The molecule has 1 aromatic rings. The second-order valence-corrected chi connectivity index (χ2v) is 5.90. The molecule has 2 aliphatic carbocycles. The molecule has 0 aliphatic heterocycles. The van der Waals surface area contributed by atoms with E-state index in [1.807, 2.05) is 0 Å². The van der Waals surface area contributed by atoms with E-state index in [2.05, 4.69) is 5.32 Å². The fourth-order valence-corrected chi connectivity index (χ4v) is 3.08. The number of benzene rings is 1. The molecule has 0 bridgehead atoms. The molecule has 104 valence electrons. The van der Waals surface area contributed by atoms with Gasteiger partial charge >= 0.3 is 0 Å². The highest BCUT2D eigenvalue weighted by atomic mass is 19.2. The second kappa shape index (κ2) is 5.17. The molecule has 2 nitrogen and oxygen atoms in total. The van der Waals surface area contributed by atoms with Crippen molar-refractivity contribution in [3.8, 4) is 0 Å². The first-order valence-corrected chi connectivity index (χ1v) is 7.10. The summed E-state index contributed by atoms with van der Waals surface area (Å²) in [6, 6.07) is 5.57. The van der Waals surface area contributed by atoms with Crippen molar-refractivity contribution in [3.63, 3.8) is 0 Å². The van der Waals surface area contributed by atoms with Crippen molar-refractivity contribution in [2.75, 3.05) is 0 Å². The minimum atomic E-state index is -0.768. The molecule has 2 aliphatic rings. The number of rotatable bonds is 3. The van der Waals surface area contributed by atoms with Crippen LogP contribution in [0.2, 0.25) is 0 Å². The Balaban J connectivity index is 1.54. The van der Waals surface area contributed by atoms with E-state index in [-0.39, 0.29) is 0 Å². The third kappa shape index (κ3) is 2.95. The van der Waals surface area contributed by atoms with Gasteiger partial charge in [0.2, 0.25) is 0 Å². The summed E-state index contributed by atoms with van der Waals surface area (Å²) < 4.78 is 26.1. The van der Waals surface area contributed by atoms with Crippen LogP contribution in [0.1, 0.15) is 43.6 Å². The average molecular weight is 266 g/mol. The molecule has 0 heterocycles. The summed E-state index contributed by atoms with van der Waals surface area (Å²) in [6.07, 6.45) is 5.44. The normalized spacial score (nSPS) is 34.3. The number of hydrogen-bond donors (Lipinski definition) is 2. The van der Waals surface area contributed by atoms with Crippen LogP contribution in [0.15, 0.2) is 18.2 Å². The summed E-state index contributed by atoms with van der Waals surface area (Å²) >= 11 is 0. The maximum atomic E-state index is 13.2. The predicted octanol–water partition coefficient (Wildman–Crippen LogP) is 2.68. The van der Waals surface area contributed by atoms with E-state index in [4.69, 9.17) is 5.73 Å². The summed E-state index contributed by atoms with van der Waals surface area (Å²) in [5, 5.41) is 3.62.